The van der Waals surface area contributed by atoms with Crippen molar-refractivity contribution in [2.24, 2.45) is 0 Å². The highest BCUT2D eigenvalue weighted by Crippen LogP contribution is 2.25. The van der Waals surface area contributed by atoms with Gasteiger partial charge in [-0.3, -0.25) is 4.79 Å². The fraction of sp³-hybridized carbons (Fsp3) is 0. The molecule has 0 spiro atoms. The lowest BCUT2D eigenvalue weighted by Crippen LogP contribution is -2.10. The van der Waals surface area contributed by atoms with E-state index in [0.29, 0.717) is 5.56 Å². The lowest BCUT2D eigenvalue weighted by atomic mass is 10.0. The molecular weight excluding hydrogens is 307 g/mol. The van der Waals surface area contributed by atoms with Crippen molar-refractivity contribution in [1.82, 2.24) is 0 Å². The number of anilines is 1. The molecule has 0 aliphatic heterocycles. The standard InChI is InChI=1S/C18H9FN4O/c19-15-8-4-7-14(18(24)12-5-2-1-3-6-12)17(15)23-16(11-22)13(9-20)10-21/h1-8,23H. The largest absolute Gasteiger partial charge is 0.342 e. The zero-order valence-electron chi connectivity index (χ0n) is 12.2. The summed E-state index contributed by atoms with van der Waals surface area (Å²) in [5.41, 5.74) is -0.851. The van der Waals surface area contributed by atoms with Gasteiger partial charge in [-0.2, -0.15) is 15.8 Å². The van der Waals surface area contributed by atoms with E-state index in [2.05, 4.69) is 5.32 Å². The van der Waals surface area contributed by atoms with Crippen molar-refractivity contribution in [3.8, 4) is 18.2 Å². The van der Waals surface area contributed by atoms with Gasteiger partial charge >= 0.3 is 0 Å². The van der Waals surface area contributed by atoms with Gasteiger partial charge in [0.2, 0.25) is 0 Å². The highest BCUT2D eigenvalue weighted by atomic mass is 19.1. The topological polar surface area (TPSA) is 100 Å². The van der Waals surface area contributed by atoms with Crippen LogP contribution in [0.5, 0.6) is 0 Å². The number of para-hydroxylation sites is 1. The van der Waals surface area contributed by atoms with E-state index in [-0.39, 0.29) is 11.3 Å². The molecule has 0 saturated carbocycles. The molecule has 0 atom stereocenters. The lowest BCUT2D eigenvalue weighted by Gasteiger charge is -2.11. The average molecular weight is 316 g/mol. The molecule has 0 saturated heterocycles. The highest BCUT2D eigenvalue weighted by Gasteiger charge is 2.18. The van der Waals surface area contributed by atoms with E-state index < -0.39 is 22.9 Å². The molecule has 0 heterocycles. The zero-order chi connectivity index (χ0) is 17.5. The van der Waals surface area contributed by atoms with Crippen molar-refractivity contribution >= 4 is 11.5 Å². The van der Waals surface area contributed by atoms with E-state index in [1.807, 2.05) is 0 Å². The van der Waals surface area contributed by atoms with Crippen LogP contribution in [-0.4, -0.2) is 5.78 Å². The number of rotatable bonds is 4. The van der Waals surface area contributed by atoms with Gasteiger partial charge in [-0.25, -0.2) is 4.39 Å². The van der Waals surface area contributed by atoms with E-state index in [4.69, 9.17) is 15.8 Å². The van der Waals surface area contributed by atoms with E-state index in [0.717, 1.165) is 6.07 Å². The number of nitriles is 3. The third-order valence-corrected chi connectivity index (χ3v) is 3.13. The SMILES string of the molecule is N#CC(C#N)=C(C#N)Nc1c(F)cccc1C(=O)c1ccccc1. The Morgan fingerprint density at radius 2 is 1.58 bits per heavy atom. The molecular formula is C18H9FN4O. The van der Waals surface area contributed by atoms with Gasteiger partial charge < -0.3 is 5.32 Å². The minimum Gasteiger partial charge on any atom is -0.342 e. The Morgan fingerprint density at radius 3 is 2.17 bits per heavy atom. The van der Waals surface area contributed by atoms with Gasteiger partial charge in [-0.15, -0.1) is 0 Å². The van der Waals surface area contributed by atoms with Crippen molar-refractivity contribution in [3.05, 3.63) is 76.7 Å². The first-order valence-electron chi connectivity index (χ1n) is 6.72. The molecule has 0 amide bonds. The molecule has 0 aliphatic rings. The van der Waals surface area contributed by atoms with E-state index in [9.17, 15) is 9.18 Å². The molecule has 0 aromatic heterocycles. The van der Waals surface area contributed by atoms with Gasteiger partial charge in [0.25, 0.3) is 0 Å². The fourth-order valence-corrected chi connectivity index (χ4v) is 1.99. The maximum atomic E-state index is 14.2. The number of carbonyl (C=O) groups excluding carboxylic acids is 1. The first-order valence-corrected chi connectivity index (χ1v) is 6.72. The number of benzene rings is 2. The monoisotopic (exact) mass is 316 g/mol. The Balaban J connectivity index is 2.56. The Hall–Kier alpha value is -3.95. The van der Waals surface area contributed by atoms with Crippen molar-refractivity contribution in [2.75, 3.05) is 5.32 Å². The number of ketones is 1. The summed E-state index contributed by atoms with van der Waals surface area (Å²) in [6, 6.07) is 16.8. The molecule has 5 nitrogen and oxygen atoms in total. The van der Waals surface area contributed by atoms with Crippen LogP contribution in [0.1, 0.15) is 15.9 Å². The maximum Gasteiger partial charge on any atom is 0.195 e. The Bertz CT molecular complexity index is 928. The van der Waals surface area contributed by atoms with Crippen LogP contribution in [0.3, 0.4) is 0 Å². The molecule has 0 radical (unpaired) electrons. The van der Waals surface area contributed by atoms with Crippen LogP contribution in [-0.2, 0) is 0 Å². The molecule has 0 bridgehead atoms. The fourth-order valence-electron chi connectivity index (χ4n) is 1.99. The number of carbonyl (C=O) groups is 1. The molecule has 2 aromatic carbocycles. The highest BCUT2D eigenvalue weighted by molar-refractivity contribution is 6.12. The number of halogens is 1. The summed E-state index contributed by atoms with van der Waals surface area (Å²) in [5.74, 6) is -1.23. The molecule has 1 N–H and O–H groups in total. The summed E-state index contributed by atoms with van der Waals surface area (Å²) in [7, 11) is 0. The first-order chi connectivity index (χ1) is 11.6. The number of hydrogen-bond acceptors (Lipinski definition) is 5. The normalized spacial score (nSPS) is 9.08. The minimum atomic E-state index is -0.778. The molecule has 0 unspecified atom stereocenters. The van der Waals surface area contributed by atoms with Crippen LogP contribution in [0, 0.1) is 39.8 Å². The van der Waals surface area contributed by atoms with Crippen molar-refractivity contribution < 1.29 is 9.18 Å². The van der Waals surface area contributed by atoms with Gasteiger partial charge in [0.15, 0.2) is 11.4 Å². The van der Waals surface area contributed by atoms with Crippen LogP contribution in [0.25, 0.3) is 0 Å². The summed E-state index contributed by atoms with van der Waals surface area (Å²) in [6.45, 7) is 0. The second-order valence-corrected chi connectivity index (χ2v) is 4.57. The quantitative estimate of drug-likeness (QED) is 0.689. The van der Waals surface area contributed by atoms with E-state index >= 15 is 0 Å². The summed E-state index contributed by atoms with van der Waals surface area (Å²) < 4.78 is 14.2. The smallest absolute Gasteiger partial charge is 0.195 e. The van der Waals surface area contributed by atoms with E-state index in [1.165, 1.54) is 12.1 Å². The number of allylic oxidation sites excluding steroid dienone is 2. The third-order valence-electron chi connectivity index (χ3n) is 3.13. The lowest BCUT2D eigenvalue weighted by molar-refractivity contribution is 0.103. The predicted molar refractivity (Wildman–Crippen MR) is 83.8 cm³/mol. The summed E-state index contributed by atoms with van der Waals surface area (Å²) in [4.78, 5) is 12.6. The Labute approximate surface area is 137 Å². The molecule has 114 valence electrons. The third kappa shape index (κ3) is 3.27. The van der Waals surface area contributed by atoms with Crippen LogP contribution >= 0.6 is 0 Å². The number of nitrogens with one attached hydrogen (secondary N) is 1. The minimum absolute atomic E-state index is 0.0100. The molecule has 6 heteroatoms. The van der Waals surface area contributed by atoms with Gasteiger partial charge in [-0.1, -0.05) is 36.4 Å². The van der Waals surface area contributed by atoms with Crippen LogP contribution in [0.4, 0.5) is 10.1 Å². The molecule has 2 rings (SSSR count). The Kier molecular flexibility index (Phi) is 5.03. The molecule has 0 aliphatic carbocycles. The summed E-state index contributed by atoms with van der Waals surface area (Å²) >= 11 is 0. The maximum absolute atomic E-state index is 14.2. The first kappa shape index (κ1) is 16.4. The van der Waals surface area contributed by atoms with Gasteiger partial charge in [0.1, 0.15) is 29.7 Å². The number of nitrogens with zero attached hydrogens (tertiary/aromatic N) is 3. The van der Waals surface area contributed by atoms with Crippen molar-refractivity contribution in [1.29, 1.82) is 15.8 Å². The zero-order valence-corrected chi connectivity index (χ0v) is 12.2. The average Bonchev–Trinajstić information content (AvgIpc) is 2.63. The van der Waals surface area contributed by atoms with Gasteiger partial charge in [0.05, 0.1) is 5.69 Å². The van der Waals surface area contributed by atoms with Crippen LogP contribution < -0.4 is 5.32 Å². The van der Waals surface area contributed by atoms with Gasteiger partial charge in [-0.05, 0) is 12.1 Å². The molecule has 0 fully saturated rings. The van der Waals surface area contributed by atoms with Crippen LogP contribution in [0.2, 0.25) is 0 Å². The number of hydrogen-bond donors (Lipinski definition) is 1. The van der Waals surface area contributed by atoms with Crippen LogP contribution in [0.15, 0.2) is 59.8 Å². The van der Waals surface area contributed by atoms with Crippen molar-refractivity contribution in [2.45, 2.75) is 0 Å². The predicted octanol–water partition coefficient (Wildman–Crippen LogP) is 3.29. The van der Waals surface area contributed by atoms with E-state index in [1.54, 1.807) is 48.5 Å². The second kappa shape index (κ2) is 7.35. The Morgan fingerprint density at radius 1 is 0.917 bits per heavy atom. The molecule has 24 heavy (non-hydrogen) atoms. The molecule has 2 aromatic rings. The summed E-state index contributed by atoms with van der Waals surface area (Å²) in [5, 5.41) is 29.2. The van der Waals surface area contributed by atoms with Crippen molar-refractivity contribution in [3.63, 3.8) is 0 Å². The second-order valence-electron chi connectivity index (χ2n) is 4.57. The van der Waals surface area contributed by atoms with Gasteiger partial charge in [0, 0.05) is 11.1 Å². The summed E-state index contributed by atoms with van der Waals surface area (Å²) in [6.07, 6.45) is 0.